The fraction of sp³-hybridized carbons (Fsp3) is 0.545. The standard InChI is InChI=1S/C22H28N4O4S/c1-15-18-21(31-19(15)20(28)23-8-7-16-5-3-2-4-6-16)24-14-26(22(18)29)13-17(27)25-9-11-30-12-10-25/h5,14H,2-4,6-13H2,1H3,(H,23,28). The first-order chi connectivity index (χ1) is 15.0. The Hall–Kier alpha value is -2.52. The van der Waals surface area contributed by atoms with Crippen molar-refractivity contribution < 1.29 is 14.3 Å². The Bertz CT molecular complexity index is 1070. The summed E-state index contributed by atoms with van der Waals surface area (Å²) in [4.78, 5) is 45.4. The molecule has 0 aromatic carbocycles. The van der Waals surface area contributed by atoms with E-state index in [9.17, 15) is 14.4 Å². The molecule has 0 saturated carbocycles. The van der Waals surface area contributed by atoms with Crippen molar-refractivity contribution in [1.29, 1.82) is 0 Å². The number of nitrogens with zero attached hydrogens (tertiary/aromatic N) is 3. The Morgan fingerprint density at radius 3 is 2.81 bits per heavy atom. The van der Waals surface area contributed by atoms with Gasteiger partial charge in [0.25, 0.3) is 11.5 Å². The van der Waals surface area contributed by atoms with Crippen LogP contribution in [0.15, 0.2) is 22.8 Å². The third-order valence-electron chi connectivity index (χ3n) is 5.91. The van der Waals surface area contributed by atoms with Gasteiger partial charge < -0.3 is 15.0 Å². The number of aryl methyl sites for hydroxylation is 1. The Balaban J connectivity index is 1.47. The van der Waals surface area contributed by atoms with Gasteiger partial charge in [-0.15, -0.1) is 11.3 Å². The number of rotatable bonds is 6. The first-order valence-corrected chi connectivity index (χ1v) is 11.7. The van der Waals surface area contributed by atoms with Crippen molar-refractivity contribution >= 4 is 33.4 Å². The van der Waals surface area contributed by atoms with Gasteiger partial charge in [0, 0.05) is 19.6 Å². The van der Waals surface area contributed by atoms with Crippen molar-refractivity contribution in [1.82, 2.24) is 19.8 Å². The molecule has 2 aromatic heterocycles. The molecule has 1 N–H and O–H groups in total. The highest BCUT2D eigenvalue weighted by Crippen LogP contribution is 2.27. The first kappa shape index (κ1) is 21.7. The summed E-state index contributed by atoms with van der Waals surface area (Å²) in [7, 11) is 0. The smallest absolute Gasteiger partial charge is 0.262 e. The van der Waals surface area contributed by atoms with E-state index in [0.717, 1.165) is 19.3 Å². The van der Waals surface area contributed by atoms with Crippen molar-refractivity contribution in [2.24, 2.45) is 0 Å². The lowest BCUT2D eigenvalue weighted by atomic mass is 9.97. The van der Waals surface area contributed by atoms with Crippen LogP contribution in [0, 0.1) is 6.92 Å². The summed E-state index contributed by atoms with van der Waals surface area (Å²) in [5.74, 6) is -0.304. The number of fused-ring (bicyclic) bond motifs is 1. The Kier molecular flexibility index (Phi) is 6.82. The molecule has 2 aromatic rings. The average molecular weight is 445 g/mol. The van der Waals surface area contributed by atoms with Crippen LogP contribution in [0.3, 0.4) is 0 Å². The molecule has 0 atom stereocenters. The third kappa shape index (κ3) is 4.88. The minimum Gasteiger partial charge on any atom is -0.378 e. The van der Waals surface area contributed by atoms with Crippen LogP contribution in [0.4, 0.5) is 0 Å². The summed E-state index contributed by atoms with van der Waals surface area (Å²) >= 11 is 1.22. The van der Waals surface area contributed by atoms with Gasteiger partial charge in [-0.2, -0.15) is 0 Å². The SMILES string of the molecule is Cc1c(C(=O)NCCC2=CCCCC2)sc2ncn(CC(=O)N3CCOCC3)c(=O)c12. The van der Waals surface area contributed by atoms with Gasteiger partial charge in [0.15, 0.2) is 0 Å². The second-order valence-corrected chi connectivity index (χ2v) is 9.02. The Morgan fingerprint density at radius 1 is 1.26 bits per heavy atom. The molecule has 8 nitrogen and oxygen atoms in total. The summed E-state index contributed by atoms with van der Waals surface area (Å²) in [6.07, 6.45) is 9.27. The van der Waals surface area contributed by atoms with Crippen molar-refractivity contribution in [3.05, 3.63) is 38.8 Å². The molecule has 4 rings (SSSR count). The molecule has 1 aliphatic carbocycles. The number of hydrogen-bond acceptors (Lipinski definition) is 6. The fourth-order valence-electron chi connectivity index (χ4n) is 4.10. The summed E-state index contributed by atoms with van der Waals surface area (Å²) < 4.78 is 6.60. The van der Waals surface area contributed by atoms with E-state index in [0.29, 0.717) is 53.5 Å². The molecule has 2 amide bonds. The topological polar surface area (TPSA) is 93.5 Å². The predicted octanol–water partition coefficient (Wildman–Crippen LogP) is 2.25. The molecule has 0 spiro atoms. The highest BCUT2D eigenvalue weighted by Gasteiger charge is 2.22. The summed E-state index contributed by atoms with van der Waals surface area (Å²) in [5, 5.41) is 3.40. The summed E-state index contributed by atoms with van der Waals surface area (Å²) in [6.45, 7) is 4.38. The zero-order valence-electron chi connectivity index (χ0n) is 17.8. The van der Waals surface area contributed by atoms with Crippen LogP contribution < -0.4 is 10.9 Å². The lowest BCUT2D eigenvalue weighted by Gasteiger charge is -2.26. The number of ether oxygens (including phenoxy) is 1. The summed E-state index contributed by atoms with van der Waals surface area (Å²) in [6, 6.07) is 0. The van der Waals surface area contributed by atoms with E-state index >= 15 is 0 Å². The van der Waals surface area contributed by atoms with Gasteiger partial charge in [0.05, 0.1) is 29.8 Å². The van der Waals surface area contributed by atoms with Gasteiger partial charge in [0.1, 0.15) is 11.4 Å². The van der Waals surface area contributed by atoms with E-state index in [-0.39, 0.29) is 23.9 Å². The molecule has 2 aliphatic rings. The summed E-state index contributed by atoms with van der Waals surface area (Å²) in [5.41, 5.74) is 1.75. The fourth-order valence-corrected chi connectivity index (χ4v) is 5.15. The van der Waals surface area contributed by atoms with Crippen LogP contribution in [0.25, 0.3) is 10.2 Å². The molecule has 3 heterocycles. The number of thiophene rings is 1. The van der Waals surface area contributed by atoms with Gasteiger partial charge in [-0.1, -0.05) is 11.6 Å². The number of allylic oxidation sites excluding steroid dienone is 1. The molecule has 0 unspecified atom stereocenters. The molecular weight excluding hydrogens is 416 g/mol. The van der Waals surface area contributed by atoms with Gasteiger partial charge in [-0.3, -0.25) is 19.0 Å². The lowest BCUT2D eigenvalue weighted by Crippen LogP contribution is -2.43. The zero-order valence-corrected chi connectivity index (χ0v) is 18.6. The number of hydrogen-bond donors (Lipinski definition) is 1. The van der Waals surface area contributed by atoms with Crippen LogP contribution in [0.1, 0.15) is 47.3 Å². The van der Waals surface area contributed by atoms with E-state index in [1.807, 2.05) is 0 Å². The van der Waals surface area contributed by atoms with Crippen LogP contribution >= 0.6 is 11.3 Å². The molecular formula is C22H28N4O4S. The van der Waals surface area contributed by atoms with E-state index in [2.05, 4.69) is 16.4 Å². The predicted molar refractivity (Wildman–Crippen MR) is 120 cm³/mol. The lowest BCUT2D eigenvalue weighted by molar-refractivity contribution is -0.135. The van der Waals surface area contributed by atoms with Crippen molar-refractivity contribution in [3.8, 4) is 0 Å². The Labute approximate surface area is 184 Å². The number of aromatic nitrogens is 2. The number of amides is 2. The molecule has 31 heavy (non-hydrogen) atoms. The molecule has 9 heteroatoms. The number of carbonyl (C=O) groups is 2. The first-order valence-electron chi connectivity index (χ1n) is 10.8. The highest BCUT2D eigenvalue weighted by atomic mass is 32.1. The Morgan fingerprint density at radius 2 is 2.06 bits per heavy atom. The normalized spacial score (nSPS) is 16.9. The van der Waals surface area contributed by atoms with Gasteiger partial charge in [-0.05, 0) is 44.6 Å². The van der Waals surface area contributed by atoms with Crippen LogP contribution in [-0.4, -0.2) is 59.1 Å². The molecule has 0 radical (unpaired) electrons. The van der Waals surface area contributed by atoms with Crippen molar-refractivity contribution in [2.45, 2.75) is 45.6 Å². The van der Waals surface area contributed by atoms with Crippen LogP contribution in [-0.2, 0) is 16.1 Å². The highest BCUT2D eigenvalue weighted by molar-refractivity contribution is 7.20. The second-order valence-electron chi connectivity index (χ2n) is 8.02. The molecule has 0 bridgehead atoms. The van der Waals surface area contributed by atoms with Gasteiger partial charge in [-0.25, -0.2) is 4.98 Å². The molecule has 1 fully saturated rings. The van der Waals surface area contributed by atoms with Gasteiger partial charge >= 0.3 is 0 Å². The minimum atomic E-state index is -0.285. The second kappa shape index (κ2) is 9.74. The molecule has 166 valence electrons. The maximum Gasteiger partial charge on any atom is 0.262 e. The quantitative estimate of drug-likeness (QED) is 0.690. The monoisotopic (exact) mass is 444 g/mol. The molecule has 1 saturated heterocycles. The number of morpholine rings is 1. The maximum atomic E-state index is 13.0. The van der Waals surface area contributed by atoms with E-state index in [1.165, 1.54) is 40.6 Å². The minimum absolute atomic E-state index is 0.0618. The van der Waals surface area contributed by atoms with Crippen LogP contribution in [0.2, 0.25) is 0 Å². The van der Waals surface area contributed by atoms with Gasteiger partial charge in [0.2, 0.25) is 5.91 Å². The number of carbonyl (C=O) groups excluding carboxylic acids is 2. The van der Waals surface area contributed by atoms with E-state index in [4.69, 9.17) is 4.74 Å². The van der Waals surface area contributed by atoms with E-state index < -0.39 is 0 Å². The largest absolute Gasteiger partial charge is 0.378 e. The number of nitrogens with one attached hydrogen (secondary N) is 1. The maximum absolute atomic E-state index is 13.0. The zero-order chi connectivity index (χ0) is 21.8. The molecule has 1 aliphatic heterocycles. The van der Waals surface area contributed by atoms with Crippen molar-refractivity contribution in [3.63, 3.8) is 0 Å². The van der Waals surface area contributed by atoms with Crippen molar-refractivity contribution in [2.75, 3.05) is 32.8 Å². The third-order valence-corrected chi connectivity index (χ3v) is 7.11. The average Bonchev–Trinajstić information content (AvgIpc) is 3.14. The van der Waals surface area contributed by atoms with Crippen LogP contribution in [0.5, 0.6) is 0 Å². The van der Waals surface area contributed by atoms with E-state index in [1.54, 1.807) is 11.8 Å².